The van der Waals surface area contributed by atoms with Crippen molar-refractivity contribution in [3.63, 3.8) is 0 Å². The second-order valence-electron chi connectivity index (χ2n) is 12.1. The van der Waals surface area contributed by atoms with E-state index in [1.807, 2.05) is 11.3 Å². The minimum absolute atomic E-state index is 0.885. The molecule has 2 heterocycles. The van der Waals surface area contributed by atoms with Gasteiger partial charge in [0.05, 0.1) is 0 Å². The summed E-state index contributed by atoms with van der Waals surface area (Å²) < 4.78 is 9.19. The van der Waals surface area contributed by atoms with Gasteiger partial charge in [0.2, 0.25) is 0 Å². The van der Waals surface area contributed by atoms with E-state index in [0.717, 1.165) is 44.4 Å². The van der Waals surface area contributed by atoms with Gasteiger partial charge in [0.1, 0.15) is 11.2 Å². The van der Waals surface area contributed by atoms with E-state index in [1.54, 1.807) is 0 Å². The van der Waals surface area contributed by atoms with E-state index in [1.165, 1.54) is 47.5 Å². The molecule has 0 aliphatic rings. The van der Waals surface area contributed by atoms with Crippen LogP contribution in [0, 0.1) is 0 Å². The second-order valence-corrected chi connectivity index (χ2v) is 13.2. The Morgan fingerprint density at radius 3 is 2.09 bits per heavy atom. The molecule has 0 atom stereocenters. The van der Waals surface area contributed by atoms with Gasteiger partial charge in [-0.3, -0.25) is 0 Å². The fourth-order valence-electron chi connectivity index (χ4n) is 7.21. The van der Waals surface area contributed by atoms with Crippen molar-refractivity contribution in [1.82, 2.24) is 0 Å². The quantitative estimate of drug-likeness (QED) is 0.195. The van der Waals surface area contributed by atoms with Crippen LogP contribution in [-0.2, 0) is 0 Å². The highest BCUT2D eigenvalue weighted by Crippen LogP contribution is 2.45. The van der Waals surface area contributed by atoms with Crippen LogP contribution in [0.15, 0.2) is 168 Å². The zero-order valence-electron chi connectivity index (χ0n) is 25.4. The standard InChI is InChI=1S/C44H27NOS/c1-2-12-32(13-3-1)45(34-20-23-37-38-22-19-29-10-6-7-14-36(29)44(38)46-40(37)27-34)33-21-24-41-39(26-33)43-35(15-8-16-42(43)47-41)31-18-17-28-9-4-5-11-30(28)25-31/h1-27H. The molecule has 0 aliphatic heterocycles. The predicted octanol–water partition coefficient (Wildman–Crippen LogP) is 13.4. The second kappa shape index (κ2) is 10.3. The largest absolute Gasteiger partial charge is 0.455 e. The molecule has 3 heteroatoms. The Labute approximate surface area is 275 Å². The van der Waals surface area contributed by atoms with Crippen LogP contribution >= 0.6 is 11.3 Å². The number of fused-ring (bicyclic) bond motifs is 9. The first-order valence-corrected chi connectivity index (χ1v) is 16.7. The number of nitrogens with zero attached hydrogens (tertiary/aromatic N) is 1. The van der Waals surface area contributed by atoms with E-state index >= 15 is 0 Å². The summed E-state index contributed by atoms with van der Waals surface area (Å²) in [6.07, 6.45) is 0. The minimum atomic E-state index is 0.885. The summed E-state index contributed by atoms with van der Waals surface area (Å²) in [7, 11) is 0. The molecule has 0 radical (unpaired) electrons. The van der Waals surface area contributed by atoms with Crippen LogP contribution in [0.3, 0.4) is 0 Å². The number of furan rings is 1. The topological polar surface area (TPSA) is 16.4 Å². The van der Waals surface area contributed by atoms with Crippen LogP contribution in [0.5, 0.6) is 0 Å². The van der Waals surface area contributed by atoms with Crippen molar-refractivity contribution in [1.29, 1.82) is 0 Å². The fraction of sp³-hybridized carbons (Fsp3) is 0. The van der Waals surface area contributed by atoms with Gasteiger partial charge in [-0.05, 0) is 87.9 Å². The van der Waals surface area contributed by atoms with Crippen molar-refractivity contribution in [3.8, 4) is 11.1 Å². The summed E-state index contributed by atoms with van der Waals surface area (Å²) in [5, 5.41) is 9.68. The van der Waals surface area contributed by atoms with Crippen molar-refractivity contribution in [2.45, 2.75) is 0 Å². The molecule has 0 amide bonds. The fourth-order valence-corrected chi connectivity index (χ4v) is 8.32. The summed E-state index contributed by atoms with van der Waals surface area (Å²) in [6.45, 7) is 0. The lowest BCUT2D eigenvalue weighted by Crippen LogP contribution is -2.09. The monoisotopic (exact) mass is 617 g/mol. The van der Waals surface area contributed by atoms with Crippen molar-refractivity contribution < 1.29 is 4.42 Å². The van der Waals surface area contributed by atoms with Crippen LogP contribution in [0.4, 0.5) is 17.1 Å². The van der Waals surface area contributed by atoms with Crippen molar-refractivity contribution in [2.24, 2.45) is 0 Å². The van der Waals surface area contributed by atoms with Gasteiger partial charge in [-0.1, -0.05) is 97.1 Å². The lowest BCUT2D eigenvalue weighted by Gasteiger charge is -2.25. The first-order valence-electron chi connectivity index (χ1n) is 15.9. The maximum absolute atomic E-state index is 6.61. The van der Waals surface area contributed by atoms with E-state index in [9.17, 15) is 0 Å². The average Bonchev–Trinajstić information content (AvgIpc) is 3.70. The summed E-state index contributed by atoms with van der Waals surface area (Å²) in [5.74, 6) is 0. The van der Waals surface area contributed by atoms with E-state index in [4.69, 9.17) is 4.42 Å². The highest BCUT2D eigenvalue weighted by molar-refractivity contribution is 7.26. The Morgan fingerprint density at radius 1 is 0.426 bits per heavy atom. The summed E-state index contributed by atoms with van der Waals surface area (Å²) in [4.78, 5) is 2.34. The average molecular weight is 618 g/mol. The van der Waals surface area contributed by atoms with E-state index in [-0.39, 0.29) is 0 Å². The van der Waals surface area contributed by atoms with Crippen LogP contribution in [-0.4, -0.2) is 0 Å². The molecule has 10 aromatic rings. The number of thiophene rings is 1. The smallest absolute Gasteiger partial charge is 0.143 e. The summed E-state index contributed by atoms with van der Waals surface area (Å²) >= 11 is 1.86. The number of anilines is 3. The maximum atomic E-state index is 6.61. The van der Waals surface area contributed by atoms with Crippen LogP contribution < -0.4 is 4.90 Å². The molecule has 0 saturated heterocycles. The highest BCUT2D eigenvalue weighted by Gasteiger charge is 2.18. The first kappa shape index (κ1) is 26.3. The molecule has 0 saturated carbocycles. The molecule has 8 aromatic carbocycles. The lowest BCUT2D eigenvalue weighted by atomic mass is 9.97. The number of hydrogen-bond donors (Lipinski definition) is 0. The molecule has 0 bridgehead atoms. The molecule has 0 fully saturated rings. The SMILES string of the molecule is c1ccc(N(c2ccc3c(c2)oc2c4ccccc4ccc32)c2ccc3sc4cccc(-c5ccc6ccccc6c5)c4c3c2)cc1. The Bertz CT molecular complexity index is 2810. The molecule has 0 N–H and O–H groups in total. The zero-order chi connectivity index (χ0) is 30.9. The number of para-hydroxylation sites is 1. The molecule has 2 aromatic heterocycles. The Morgan fingerprint density at radius 2 is 1.17 bits per heavy atom. The third-order valence-electron chi connectivity index (χ3n) is 9.42. The van der Waals surface area contributed by atoms with E-state index in [2.05, 4.69) is 169 Å². The normalized spacial score (nSPS) is 11.8. The van der Waals surface area contributed by atoms with Crippen molar-refractivity contribution in [2.75, 3.05) is 4.90 Å². The van der Waals surface area contributed by atoms with Gasteiger partial charge in [0, 0.05) is 59.5 Å². The number of hydrogen-bond acceptors (Lipinski definition) is 3. The molecule has 2 nitrogen and oxygen atoms in total. The minimum Gasteiger partial charge on any atom is -0.455 e. The molecule has 220 valence electrons. The molecule has 0 aliphatic carbocycles. The maximum Gasteiger partial charge on any atom is 0.143 e. The third-order valence-corrected chi connectivity index (χ3v) is 10.6. The molecule has 47 heavy (non-hydrogen) atoms. The van der Waals surface area contributed by atoms with Gasteiger partial charge in [-0.2, -0.15) is 0 Å². The Hall–Kier alpha value is -5.90. The molecule has 10 rings (SSSR count). The molecular formula is C44H27NOS. The highest BCUT2D eigenvalue weighted by atomic mass is 32.1. The number of rotatable bonds is 4. The first-order chi connectivity index (χ1) is 23.3. The molecule has 0 unspecified atom stereocenters. The Kier molecular flexibility index (Phi) is 5.78. The van der Waals surface area contributed by atoms with Crippen LogP contribution in [0.2, 0.25) is 0 Å². The van der Waals surface area contributed by atoms with Crippen molar-refractivity contribution in [3.05, 3.63) is 164 Å². The summed E-state index contributed by atoms with van der Waals surface area (Å²) in [5.41, 5.74) is 7.59. The van der Waals surface area contributed by atoms with E-state index < -0.39 is 0 Å². The van der Waals surface area contributed by atoms with Gasteiger partial charge in [0.15, 0.2) is 0 Å². The van der Waals surface area contributed by atoms with Gasteiger partial charge in [-0.15, -0.1) is 11.3 Å². The van der Waals surface area contributed by atoms with Gasteiger partial charge in [-0.25, -0.2) is 0 Å². The van der Waals surface area contributed by atoms with Gasteiger partial charge in [0.25, 0.3) is 0 Å². The van der Waals surface area contributed by atoms with E-state index in [0.29, 0.717) is 0 Å². The summed E-state index contributed by atoms with van der Waals surface area (Å²) in [6, 6.07) is 59.0. The van der Waals surface area contributed by atoms with Gasteiger partial charge >= 0.3 is 0 Å². The predicted molar refractivity (Wildman–Crippen MR) is 202 cm³/mol. The third kappa shape index (κ3) is 4.17. The zero-order valence-corrected chi connectivity index (χ0v) is 26.2. The Balaban J connectivity index is 1.18. The molecular weight excluding hydrogens is 591 g/mol. The molecule has 0 spiro atoms. The number of benzene rings is 8. The lowest BCUT2D eigenvalue weighted by molar-refractivity contribution is 0.672. The van der Waals surface area contributed by atoms with Gasteiger partial charge < -0.3 is 9.32 Å². The van der Waals surface area contributed by atoms with Crippen LogP contribution in [0.1, 0.15) is 0 Å². The van der Waals surface area contributed by atoms with Crippen LogP contribution in [0.25, 0.3) is 74.8 Å². The van der Waals surface area contributed by atoms with Crippen molar-refractivity contribution >= 4 is 92.1 Å².